The average molecular weight is 233 g/mol. The van der Waals surface area contributed by atoms with Crippen LogP contribution < -0.4 is 0 Å². The number of hydrogen-bond acceptors (Lipinski definition) is 1. The van der Waals surface area contributed by atoms with Crippen molar-refractivity contribution in [3.63, 3.8) is 0 Å². The molecule has 0 atom stereocenters. The van der Waals surface area contributed by atoms with Crippen molar-refractivity contribution in [3.8, 4) is 0 Å². The van der Waals surface area contributed by atoms with Gasteiger partial charge in [-0.25, -0.2) is 0 Å². The van der Waals surface area contributed by atoms with E-state index in [-0.39, 0.29) is 0 Å². The first kappa shape index (κ1) is 11.0. The van der Waals surface area contributed by atoms with Gasteiger partial charge in [0.15, 0.2) is 0 Å². The van der Waals surface area contributed by atoms with Crippen LogP contribution in [0.1, 0.15) is 16.8 Å². The van der Waals surface area contributed by atoms with E-state index in [1.165, 1.54) is 16.5 Å². The lowest BCUT2D eigenvalue weighted by molar-refractivity contribution is 1.17. The lowest BCUT2D eigenvalue weighted by Crippen LogP contribution is -1.92. The van der Waals surface area contributed by atoms with E-state index < -0.39 is 0 Å². The number of hydrogen-bond donors (Lipinski definition) is 0. The van der Waals surface area contributed by atoms with Crippen LogP contribution in [0, 0.1) is 6.92 Å². The van der Waals surface area contributed by atoms with Gasteiger partial charge in [0.1, 0.15) is 0 Å². The molecule has 0 aliphatic carbocycles. The molecule has 1 nitrogen and oxygen atoms in total. The van der Waals surface area contributed by atoms with E-state index in [4.69, 9.17) is 0 Å². The van der Waals surface area contributed by atoms with Crippen LogP contribution in [-0.2, 0) is 6.42 Å². The predicted octanol–water partition coefficient (Wildman–Crippen LogP) is 4.13. The highest BCUT2D eigenvalue weighted by Gasteiger charge is 2.03. The summed E-state index contributed by atoms with van der Waals surface area (Å²) in [6.45, 7) is 2.04. The third kappa shape index (κ3) is 2.12. The van der Waals surface area contributed by atoms with E-state index >= 15 is 0 Å². The number of para-hydroxylation sites is 1. The van der Waals surface area contributed by atoms with Crippen molar-refractivity contribution in [2.75, 3.05) is 0 Å². The Morgan fingerprint density at radius 2 is 1.67 bits per heavy atom. The molecular formula is C17H15N. The molecule has 0 saturated heterocycles. The van der Waals surface area contributed by atoms with Crippen LogP contribution in [-0.4, -0.2) is 4.98 Å². The molecule has 0 N–H and O–H groups in total. The molecular weight excluding hydrogens is 218 g/mol. The van der Waals surface area contributed by atoms with E-state index in [9.17, 15) is 0 Å². The quantitative estimate of drug-likeness (QED) is 0.648. The molecule has 0 aliphatic rings. The highest BCUT2D eigenvalue weighted by molar-refractivity contribution is 5.82. The van der Waals surface area contributed by atoms with Crippen molar-refractivity contribution in [3.05, 3.63) is 77.5 Å². The van der Waals surface area contributed by atoms with Gasteiger partial charge in [-0.15, -0.1) is 0 Å². The van der Waals surface area contributed by atoms with Gasteiger partial charge in [0.05, 0.1) is 5.52 Å². The summed E-state index contributed by atoms with van der Waals surface area (Å²) >= 11 is 0. The van der Waals surface area contributed by atoms with Crippen molar-refractivity contribution >= 4 is 10.9 Å². The van der Waals surface area contributed by atoms with Gasteiger partial charge in [0.2, 0.25) is 0 Å². The number of pyridine rings is 1. The second kappa shape index (κ2) is 4.61. The first-order valence-corrected chi connectivity index (χ1v) is 6.22. The minimum Gasteiger partial charge on any atom is -0.253 e. The third-order valence-corrected chi connectivity index (χ3v) is 3.18. The summed E-state index contributed by atoms with van der Waals surface area (Å²) in [7, 11) is 0. The summed E-state index contributed by atoms with van der Waals surface area (Å²) in [5.74, 6) is 0. The van der Waals surface area contributed by atoms with Gasteiger partial charge in [-0.05, 0) is 30.5 Å². The highest BCUT2D eigenvalue weighted by Crippen LogP contribution is 2.20. The fraction of sp³-hybridized carbons (Fsp3) is 0.118. The maximum absolute atomic E-state index is 4.67. The van der Waals surface area contributed by atoms with Crippen molar-refractivity contribution in [1.29, 1.82) is 0 Å². The number of rotatable bonds is 2. The Balaban J connectivity index is 2.09. The molecule has 3 rings (SSSR count). The Morgan fingerprint density at radius 3 is 2.50 bits per heavy atom. The molecule has 2 aromatic carbocycles. The van der Waals surface area contributed by atoms with Gasteiger partial charge in [0, 0.05) is 11.1 Å². The Morgan fingerprint density at radius 1 is 0.833 bits per heavy atom. The number of aromatic nitrogens is 1. The van der Waals surface area contributed by atoms with Gasteiger partial charge in [-0.3, -0.25) is 4.98 Å². The van der Waals surface area contributed by atoms with Crippen LogP contribution in [0.15, 0.2) is 60.7 Å². The fourth-order valence-corrected chi connectivity index (χ4v) is 2.26. The smallest absolute Gasteiger partial charge is 0.0740 e. The zero-order chi connectivity index (χ0) is 12.4. The van der Waals surface area contributed by atoms with E-state index in [2.05, 4.69) is 65.6 Å². The number of fused-ring (bicyclic) bond motifs is 1. The molecule has 0 amide bonds. The molecule has 0 spiro atoms. The molecule has 88 valence electrons. The summed E-state index contributed by atoms with van der Waals surface area (Å²) in [5.41, 5.74) is 4.82. The van der Waals surface area contributed by atoms with Crippen LogP contribution in [0.2, 0.25) is 0 Å². The van der Waals surface area contributed by atoms with Gasteiger partial charge in [-0.1, -0.05) is 54.6 Å². The number of benzene rings is 2. The number of nitrogens with zero attached hydrogens (tertiary/aromatic N) is 1. The Hall–Kier alpha value is -2.15. The zero-order valence-corrected chi connectivity index (χ0v) is 10.4. The minimum atomic E-state index is 0.939. The van der Waals surface area contributed by atoms with Gasteiger partial charge in [-0.2, -0.15) is 0 Å². The summed E-state index contributed by atoms with van der Waals surface area (Å²) < 4.78 is 0. The molecule has 0 saturated carbocycles. The lowest BCUT2D eigenvalue weighted by atomic mass is 10.0. The first-order valence-electron chi connectivity index (χ1n) is 6.22. The standard InChI is InChI=1S/C17H15N/c1-13-10-11-15-8-5-9-16(17(15)18-13)12-14-6-3-2-4-7-14/h2-11H,12H2,1H3. The molecule has 0 unspecified atom stereocenters. The molecule has 0 fully saturated rings. The summed E-state index contributed by atoms with van der Waals surface area (Å²) in [4.78, 5) is 4.67. The molecule has 1 aromatic heterocycles. The molecule has 0 bridgehead atoms. The average Bonchev–Trinajstić information content (AvgIpc) is 2.41. The summed E-state index contributed by atoms with van der Waals surface area (Å²) in [6.07, 6.45) is 0.939. The van der Waals surface area contributed by atoms with Crippen molar-refractivity contribution in [2.24, 2.45) is 0 Å². The molecule has 3 aromatic rings. The summed E-state index contributed by atoms with van der Waals surface area (Å²) in [5, 5.41) is 1.22. The van der Waals surface area contributed by atoms with Crippen molar-refractivity contribution < 1.29 is 0 Å². The van der Waals surface area contributed by atoms with Crippen molar-refractivity contribution in [1.82, 2.24) is 4.98 Å². The van der Waals surface area contributed by atoms with Crippen LogP contribution in [0.25, 0.3) is 10.9 Å². The third-order valence-electron chi connectivity index (χ3n) is 3.18. The topological polar surface area (TPSA) is 12.9 Å². The lowest BCUT2D eigenvalue weighted by Gasteiger charge is -2.06. The molecule has 0 aliphatic heterocycles. The second-order valence-electron chi connectivity index (χ2n) is 4.60. The minimum absolute atomic E-state index is 0.939. The van der Waals surface area contributed by atoms with Crippen LogP contribution in [0.4, 0.5) is 0 Å². The van der Waals surface area contributed by atoms with E-state index in [0.717, 1.165) is 17.6 Å². The predicted molar refractivity (Wildman–Crippen MR) is 75.7 cm³/mol. The molecule has 1 heteroatoms. The maximum Gasteiger partial charge on any atom is 0.0740 e. The first-order chi connectivity index (χ1) is 8.83. The van der Waals surface area contributed by atoms with Crippen LogP contribution in [0.3, 0.4) is 0 Å². The van der Waals surface area contributed by atoms with E-state index in [0.29, 0.717) is 0 Å². The van der Waals surface area contributed by atoms with Gasteiger partial charge < -0.3 is 0 Å². The maximum atomic E-state index is 4.67. The van der Waals surface area contributed by atoms with Gasteiger partial charge >= 0.3 is 0 Å². The van der Waals surface area contributed by atoms with E-state index in [1.54, 1.807) is 0 Å². The SMILES string of the molecule is Cc1ccc2cccc(Cc3ccccc3)c2n1. The van der Waals surface area contributed by atoms with E-state index in [1.807, 2.05) is 6.92 Å². The Labute approximate surface area is 107 Å². The fourth-order valence-electron chi connectivity index (χ4n) is 2.26. The Kier molecular flexibility index (Phi) is 2.81. The molecule has 1 heterocycles. The van der Waals surface area contributed by atoms with Crippen molar-refractivity contribution in [2.45, 2.75) is 13.3 Å². The monoisotopic (exact) mass is 233 g/mol. The van der Waals surface area contributed by atoms with Crippen LogP contribution >= 0.6 is 0 Å². The normalized spacial score (nSPS) is 10.7. The summed E-state index contributed by atoms with van der Waals surface area (Å²) in [6, 6.07) is 21.1. The Bertz CT molecular complexity index is 672. The second-order valence-corrected chi connectivity index (χ2v) is 4.60. The zero-order valence-electron chi connectivity index (χ0n) is 10.4. The van der Waals surface area contributed by atoms with Gasteiger partial charge in [0.25, 0.3) is 0 Å². The van der Waals surface area contributed by atoms with Crippen LogP contribution in [0.5, 0.6) is 0 Å². The molecule has 18 heavy (non-hydrogen) atoms. The highest BCUT2D eigenvalue weighted by atomic mass is 14.7. The number of aryl methyl sites for hydroxylation is 1. The molecule has 0 radical (unpaired) electrons. The largest absolute Gasteiger partial charge is 0.253 e.